The van der Waals surface area contributed by atoms with Crippen LogP contribution in [0.25, 0.3) is 0 Å². The van der Waals surface area contributed by atoms with Crippen LogP contribution in [0.15, 0.2) is 57.9 Å². The van der Waals surface area contributed by atoms with E-state index in [1.807, 2.05) is 24.3 Å². The Kier molecular flexibility index (Phi) is 5.70. The van der Waals surface area contributed by atoms with Crippen molar-refractivity contribution in [3.63, 3.8) is 0 Å². The molecule has 21 heavy (non-hydrogen) atoms. The summed E-state index contributed by atoms with van der Waals surface area (Å²) in [5.74, 6) is 0.687. The molecule has 2 rings (SSSR count). The second-order valence-electron chi connectivity index (χ2n) is 4.62. The second kappa shape index (κ2) is 7.52. The van der Waals surface area contributed by atoms with Gasteiger partial charge in [-0.2, -0.15) is 0 Å². The average Bonchev–Trinajstić information content (AvgIpc) is 2.48. The Balaban J connectivity index is 1.88. The molecule has 2 aromatic carbocycles. The molecule has 1 N–H and O–H groups in total. The Bertz CT molecular complexity index is 616. The van der Waals surface area contributed by atoms with Crippen molar-refractivity contribution in [2.24, 2.45) is 0 Å². The minimum Gasteiger partial charge on any atom is -0.508 e. The fraction of sp³-hybridized carbons (Fsp3) is 0.188. The van der Waals surface area contributed by atoms with Gasteiger partial charge in [0.1, 0.15) is 5.75 Å². The Morgan fingerprint density at radius 3 is 2.52 bits per heavy atom. The van der Waals surface area contributed by atoms with Gasteiger partial charge in [-0.3, -0.25) is 4.79 Å². The number of phenolic OH excluding ortho intramolecular Hbond substituents is 1. The van der Waals surface area contributed by atoms with Gasteiger partial charge in [0.15, 0.2) is 0 Å². The van der Waals surface area contributed by atoms with Crippen molar-refractivity contribution in [1.29, 1.82) is 0 Å². The minimum absolute atomic E-state index is 0.0730. The molecule has 0 fully saturated rings. The number of carbonyl (C=O) groups excluding carboxylic acids is 1. The van der Waals surface area contributed by atoms with Crippen molar-refractivity contribution in [2.45, 2.75) is 11.4 Å². The number of hydrogen-bond donors (Lipinski definition) is 1. The van der Waals surface area contributed by atoms with Crippen LogP contribution in [0.2, 0.25) is 0 Å². The van der Waals surface area contributed by atoms with Gasteiger partial charge in [0.05, 0.1) is 5.75 Å². The molecular formula is C16H16BrNO2S. The molecule has 0 radical (unpaired) electrons. The number of hydrogen-bond acceptors (Lipinski definition) is 3. The zero-order chi connectivity index (χ0) is 15.2. The number of carbonyl (C=O) groups is 1. The summed E-state index contributed by atoms with van der Waals surface area (Å²) in [6.07, 6.45) is 0. The third-order valence-electron chi connectivity index (χ3n) is 2.99. The van der Waals surface area contributed by atoms with Gasteiger partial charge in [0.2, 0.25) is 5.91 Å². The van der Waals surface area contributed by atoms with Crippen LogP contribution in [-0.4, -0.2) is 28.7 Å². The molecule has 0 saturated heterocycles. The predicted octanol–water partition coefficient (Wildman–Crippen LogP) is 3.91. The second-order valence-corrected chi connectivity index (χ2v) is 6.53. The molecule has 3 nitrogen and oxygen atoms in total. The molecule has 2 aromatic rings. The molecule has 0 aliphatic heterocycles. The standard InChI is InChI=1S/C16H16BrNO2S/c1-18(10-12-4-2-3-5-15(12)17)16(20)11-21-14-8-6-13(19)7-9-14/h2-9,19H,10-11H2,1H3. The number of amides is 1. The highest BCUT2D eigenvalue weighted by Crippen LogP contribution is 2.22. The summed E-state index contributed by atoms with van der Waals surface area (Å²) in [6.45, 7) is 0.580. The van der Waals surface area contributed by atoms with Crippen LogP contribution < -0.4 is 0 Å². The highest BCUT2D eigenvalue weighted by molar-refractivity contribution is 9.10. The van der Waals surface area contributed by atoms with E-state index < -0.39 is 0 Å². The van der Waals surface area contributed by atoms with Crippen LogP contribution in [0.3, 0.4) is 0 Å². The van der Waals surface area contributed by atoms with Crippen LogP contribution in [-0.2, 0) is 11.3 Å². The minimum atomic E-state index is 0.0730. The third kappa shape index (κ3) is 4.79. The summed E-state index contributed by atoms with van der Waals surface area (Å²) in [7, 11) is 1.80. The van der Waals surface area contributed by atoms with Crippen molar-refractivity contribution in [1.82, 2.24) is 4.90 Å². The van der Waals surface area contributed by atoms with Crippen molar-refractivity contribution in [2.75, 3.05) is 12.8 Å². The van der Waals surface area contributed by atoms with E-state index >= 15 is 0 Å². The van der Waals surface area contributed by atoms with Gasteiger partial charge < -0.3 is 10.0 Å². The molecule has 0 unspecified atom stereocenters. The monoisotopic (exact) mass is 365 g/mol. The van der Waals surface area contributed by atoms with Gasteiger partial charge in [-0.05, 0) is 35.9 Å². The number of halogens is 1. The summed E-state index contributed by atoms with van der Waals surface area (Å²) in [6, 6.07) is 14.7. The quantitative estimate of drug-likeness (QED) is 0.816. The van der Waals surface area contributed by atoms with E-state index in [4.69, 9.17) is 0 Å². The zero-order valence-corrected chi connectivity index (χ0v) is 14.0. The lowest BCUT2D eigenvalue weighted by atomic mass is 10.2. The first kappa shape index (κ1) is 15.9. The Hall–Kier alpha value is -1.46. The lowest BCUT2D eigenvalue weighted by Gasteiger charge is -2.18. The predicted molar refractivity (Wildman–Crippen MR) is 89.4 cm³/mol. The summed E-state index contributed by atoms with van der Waals surface area (Å²) in [4.78, 5) is 14.8. The Labute approximate surface area is 137 Å². The van der Waals surface area contributed by atoms with Crippen LogP contribution >= 0.6 is 27.7 Å². The lowest BCUT2D eigenvalue weighted by Crippen LogP contribution is -2.27. The molecule has 1 amide bonds. The molecule has 0 aromatic heterocycles. The number of nitrogens with zero attached hydrogens (tertiary/aromatic N) is 1. The van der Waals surface area contributed by atoms with E-state index in [9.17, 15) is 9.90 Å². The van der Waals surface area contributed by atoms with Crippen LogP contribution in [0, 0.1) is 0 Å². The van der Waals surface area contributed by atoms with E-state index in [0.717, 1.165) is 14.9 Å². The Morgan fingerprint density at radius 1 is 1.19 bits per heavy atom. The molecule has 0 atom stereocenters. The molecule has 0 aliphatic carbocycles. The van der Waals surface area contributed by atoms with Crippen molar-refractivity contribution < 1.29 is 9.90 Å². The molecule has 0 bridgehead atoms. The number of aromatic hydroxyl groups is 1. The van der Waals surface area contributed by atoms with Gasteiger partial charge in [-0.15, -0.1) is 11.8 Å². The van der Waals surface area contributed by atoms with Crippen molar-refractivity contribution in [3.05, 3.63) is 58.6 Å². The molecular weight excluding hydrogens is 350 g/mol. The van der Waals surface area contributed by atoms with Gasteiger partial charge in [-0.1, -0.05) is 34.1 Å². The summed E-state index contributed by atoms with van der Waals surface area (Å²) in [5.41, 5.74) is 1.09. The van der Waals surface area contributed by atoms with Crippen molar-refractivity contribution >= 4 is 33.6 Å². The number of rotatable bonds is 5. The normalized spacial score (nSPS) is 10.4. The first-order valence-electron chi connectivity index (χ1n) is 6.45. The molecule has 110 valence electrons. The Morgan fingerprint density at radius 2 is 1.86 bits per heavy atom. The van der Waals surface area contributed by atoms with Gasteiger partial charge in [-0.25, -0.2) is 0 Å². The van der Waals surface area contributed by atoms with Gasteiger partial charge in [0.25, 0.3) is 0 Å². The van der Waals surface area contributed by atoms with E-state index in [0.29, 0.717) is 12.3 Å². The number of phenols is 1. The first-order valence-corrected chi connectivity index (χ1v) is 8.23. The zero-order valence-electron chi connectivity index (χ0n) is 11.6. The van der Waals surface area contributed by atoms with E-state index in [-0.39, 0.29) is 11.7 Å². The fourth-order valence-electron chi connectivity index (χ4n) is 1.77. The van der Waals surface area contributed by atoms with E-state index in [2.05, 4.69) is 15.9 Å². The van der Waals surface area contributed by atoms with Crippen LogP contribution in [0.5, 0.6) is 5.75 Å². The van der Waals surface area contributed by atoms with Gasteiger partial charge >= 0.3 is 0 Å². The summed E-state index contributed by atoms with van der Waals surface area (Å²) in [5, 5.41) is 9.22. The number of thioether (sulfide) groups is 1. The molecule has 0 heterocycles. The highest BCUT2D eigenvalue weighted by Gasteiger charge is 2.11. The SMILES string of the molecule is CN(Cc1ccccc1Br)C(=O)CSc1ccc(O)cc1. The maximum Gasteiger partial charge on any atom is 0.232 e. The molecule has 0 aliphatic rings. The highest BCUT2D eigenvalue weighted by atomic mass is 79.9. The van der Waals surface area contributed by atoms with Crippen LogP contribution in [0.4, 0.5) is 0 Å². The van der Waals surface area contributed by atoms with E-state index in [1.54, 1.807) is 36.2 Å². The summed E-state index contributed by atoms with van der Waals surface area (Å²) >= 11 is 4.96. The average molecular weight is 366 g/mol. The molecule has 0 spiro atoms. The van der Waals surface area contributed by atoms with Gasteiger partial charge in [0, 0.05) is 23.0 Å². The third-order valence-corrected chi connectivity index (χ3v) is 4.76. The smallest absolute Gasteiger partial charge is 0.232 e. The maximum absolute atomic E-state index is 12.1. The molecule has 0 saturated carbocycles. The first-order chi connectivity index (χ1) is 10.1. The van der Waals surface area contributed by atoms with Crippen molar-refractivity contribution in [3.8, 4) is 5.75 Å². The number of benzene rings is 2. The fourth-order valence-corrected chi connectivity index (χ4v) is 3.02. The maximum atomic E-state index is 12.1. The largest absolute Gasteiger partial charge is 0.508 e. The summed E-state index contributed by atoms with van der Waals surface area (Å²) < 4.78 is 1.01. The topological polar surface area (TPSA) is 40.5 Å². The van der Waals surface area contributed by atoms with E-state index in [1.165, 1.54) is 11.8 Å². The lowest BCUT2D eigenvalue weighted by molar-refractivity contribution is -0.127. The van der Waals surface area contributed by atoms with Crippen LogP contribution in [0.1, 0.15) is 5.56 Å². The molecule has 5 heteroatoms.